The van der Waals surface area contributed by atoms with Gasteiger partial charge in [-0.1, -0.05) is 0 Å². The van der Waals surface area contributed by atoms with E-state index in [2.05, 4.69) is 17.0 Å². The van der Waals surface area contributed by atoms with Gasteiger partial charge in [-0.3, -0.25) is 4.90 Å². The van der Waals surface area contributed by atoms with Gasteiger partial charge in [0.1, 0.15) is 0 Å². The molecule has 0 radical (unpaired) electrons. The second-order valence-electron chi connectivity index (χ2n) is 6.73. The van der Waals surface area contributed by atoms with E-state index >= 15 is 0 Å². The fraction of sp³-hybridized carbons (Fsp3) is 0.625. The third kappa shape index (κ3) is 1.37. The van der Waals surface area contributed by atoms with Gasteiger partial charge in [-0.2, -0.15) is 0 Å². The van der Waals surface area contributed by atoms with Gasteiger partial charge < -0.3 is 19.7 Å². The predicted octanol–water partition coefficient (Wildman–Crippen LogP) is 0.757. The summed E-state index contributed by atoms with van der Waals surface area (Å²) >= 11 is 0. The smallest absolute Gasteiger partial charge is 0.231 e. The molecular weight excluding hydrogens is 270 g/mol. The summed E-state index contributed by atoms with van der Waals surface area (Å²) in [5, 5.41) is 21.0. The number of ether oxygens (including phenoxy) is 2. The molecule has 1 aromatic carbocycles. The fourth-order valence-corrected chi connectivity index (χ4v) is 5.02. The van der Waals surface area contributed by atoms with E-state index < -0.39 is 12.2 Å². The largest absolute Gasteiger partial charge is 0.454 e. The van der Waals surface area contributed by atoms with Crippen LogP contribution in [0.25, 0.3) is 0 Å². The highest BCUT2D eigenvalue weighted by atomic mass is 16.7. The van der Waals surface area contributed by atoms with Gasteiger partial charge in [0.05, 0.1) is 12.2 Å². The summed E-state index contributed by atoms with van der Waals surface area (Å²) in [5.74, 6) is 1.57. The number of hydrogen-bond donors (Lipinski definition) is 2. The molecular formula is C16H19NO4. The van der Waals surface area contributed by atoms with Gasteiger partial charge in [0.2, 0.25) is 6.79 Å². The molecule has 21 heavy (non-hydrogen) atoms. The second-order valence-corrected chi connectivity index (χ2v) is 6.73. The van der Waals surface area contributed by atoms with Crippen molar-refractivity contribution in [3.8, 4) is 11.5 Å². The number of aliphatic hydroxyl groups excluding tert-OH is 2. The Balaban J connectivity index is 1.73. The van der Waals surface area contributed by atoms with Crippen molar-refractivity contribution in [1.82, 2.24) is 4.90 Å². The van der Waals surface area contributed by atoms with Crippen LogP contribution in [0, 0.1) is 0 Å². The molecule has 1 aliphatic carbocycles. The van der Waals surface area contributed by atoms with E-state index in [1.54, 1.807) is 0 Å². The fourth-order valence-electron chi connectivity index (χ4n) is 5.02. The van der Waals surface area contributed by atoms with E-state index in [-0.39, 0.29) is 12.2 Å². The quantitative estimate of drug-likeness (QED) is 0.738. The van der Waals surface area contributed by atoms with Gasteiger partial charge in [-0.05, 0) is 49.1 Å². The monoisotopic (exact) mass is 289 g/mol. The van der Waals surface area contributed by atoms with Crippen LogP contribution in [-0.4, -0.2) is 46.7 Å². The Morgan fingerprint density at radius 2 is 1.95 bits per heavy atom. The molecule has 3 heterocycles. The maximum absolute atomic E-state index is 10.8. The number of rotatable bonds is 0. The molecule has 0 spiro atoms. The minimum Gasteiger partial charge on any atom is -0.454 e. The normalized spacial score (nSPS) is 42.6. The number of aliphatic hydroxyl groups is 2. The highest BCUT2D eigenvalue weighted by Crippen LogP contribution is 2.55. The van der Waals surface area contributed by atoms with Crippen LogP contribution in [0.5, 0.6) is 11.5 Å². The second kappa shape index (κ2) is 3.91. The van der Waals surface area contributed by atoms with Crippen LogP contribution in [0.4, 0.5) is 0 Å². The lowest BCUT2D eigenvalue weighted by Crippen LogP contribution is -2.60. The molecule has 2 fully saturated rings. The summed E-state index contributed by atoms with van der Waals surface area (Å²) in [6.45, 7) is 2.15. The van der Waals surface area contributed by atoms with Crippen LogP contribution < -0.4 is 9.47 Å². The zero-order chi connectivity index (χ0) is 14.2. The summed E-state index contributed by atoms with van der Waals surface area (Å²) in [5.41, 5.74) is 2.03. The van der Waals surface area contributed by atoms with E-state index in [4.69, 9.17) is 9.47 Å². The standard InChI is InChI=1S/C16H19NO4/c18-11-1-2-14-16(15(11)19)3-4-17(14)7-9-5-12-13(6-10(9)16)21-8-20-12/h5-6,11,14-15,18-19H,1-4,7-8H2/t11-,14-,15-,16+/m1/s1. The minimum absolute atomic E-state index is 0.267. The molecule has 0 aromatic heterocycles. The first-order chi connectivity index (χ1) is 10.2. The van der Waals surface area contributed by atoms with Gasteiger partial charge in [0.15, 0.2) is 11.5 Å². The summed E-state index contributed by atoms with van der Waals surface area (Å²) in [6, 6.07) is 4.44. The zero-order valence-corrected chi connectivity index (χ0v) is 11.8. The number of nitrogens with zero attached hydrogens (tertiary/aromatic N) is 1. The highest BCUT2D eigenvalue weighted by Gasteiger charge is 2.60. The molecule has 1 unspecified atom stereocenters. The van der Waals surface area contributed by atoms with Crippen molar-refractivity contribution in [3.05, 3.63) is 23.3 Å². The topological polar surface area (TPSA) is 62.2 Å². The molecule has 2 N–H and O–H groups in total. The van der Waals surface area contributed by atoms with E-state index in [0.717, 1.165) is 43.0 Å². The molecule has 1 aromatic rings. The van der Waals surface area contributed by atoms with E-state index in [9.17, 15) is 10.2 Å². The van der Waals surface area contributed by atoms with Crippen LogP contribution in [0.1, 0.15) is 30.4 Å². The van der Waals surface area contributed by atoms with Gasteiger partial charge in [-0.25, -0.2) is 0 Å². The Morgan fingerprint density at radius 3 is 2.81 bits per heavy atom. The predicted molar refractivity (Wildman–Crippen MR) is 74.3 cm³/mol. The van der Waals surface area contributed by atoms with Crippen molar-refractivity contribution < 1.29 is 19.7 Å². The molecule has 5 rings (SSSR count). The Morgan fingerprint density at radius 1 is 1.14 bits per heavy atom. The van der Waals surface area contributed by atoms with Crippen molar-refractivity contribution in [2.75, 3.05) is 13.3 Å². The molecule has 112 valence electrons. The Hall–Kier alpha value is -1.30. The Bertz CT molecular complexity index is 619. The highest BCUT2D eigenvalue weighted by molar-refractivity contribution is 5.54. The first kappa shape index (κ1) is 12.3. The van der Waals surface area contributed by atoms with Crippen molar-refractivity contribution in [3.63, 3.8) is 0 Å². The molecule has 4 aliphatic rings. The average molecular weight is 289 g/mol. The Kier molecular flexibility index (Phi) is 2.28. The number of fused-ring (bicyclic) bond motifs is 2. The zero-order valence-electron chi connectivity index (χ0n) is 11.8. The third-order valence-corrected chi connectivity index (χ3v) is 5.95. The van der Waals surface area contributed by atoms with E-state index in [1.165, 1.54) is 5.56 Å². The summed E-state index contributed by atoms with van der Waals surface area (Å²) in [6.07, 6.45) is 1.22. The third-order valence-electron chi connectivity index (χ3n) is 5.95. The first-order valence-corrected chi connectivity index (χ1v) is 7.73. The molecule has 3 aliphatic heterocycles. The molecule has 1 saturated carbocycles. The lowest BCUT2D eigenvalue weighted by molar-refractivity contribution is -0.0810. The molecule has 0 amide bonds. The number of benzene rings is 1. The van der Waals surface area contributed by atoms with Crippen molar-refractivity contribution in [1.29, 1.82) is 0 Å². The van der Waals surface area contributed by atoms with Crippen LogP contribution in [0.15, 0.2) is 12.1 Å². The van der Waals surface area contributed by atoms with E-state index in [0.29, 0.717) is 12.5 Å². The summed E-state index contributed by atoms with van der Waals surface area (Å²) in [4.78, 5) is 2.46. The van der Waals surface area contributed by atoms with Gasteiger partial charge in [-0.15, -0.1) is 0 Å². The van der Waals surface area contributed by atoms with Gasteiger partial charge >= 0.3 is 0 Å². The lowest BCUT2D eigenvalue weighted by Gasteiger charge is -2.51. The summed E-state index contributed by atoms with van der Waals surface area (Å²) < 4.78 is 11.0. The molecule has 5 heteroatoms. The number of hydrogen-bond acceptors (Lipinski definition) is 5. The van der Waals surface area contributed by atoms with E-state index in [1.807, 2.05) is 0 Å². The van der Waals surface area contributed by atoms with Crippen molar-refractivity contribution in [2.45, 2.75) is 49.5 Å². The van der Waals surface area contributed by atoms with Gasteiger partial charge in [0, 0.05) is 18.0 Å². The van der Waals surface area contributed by atoms with Gasteiger partial charge in [0.25, 0.3) is 0 Å². The van der Waals surface area contributed by atoms with Crippen LogP contribution in [-0.2, 0) is 12.0 Å². The minimum atomic E-state index is -0.694. The SMILES string of the molecule is O[C@@H]1CC[C@H]2N3CC[C@@]2(c2cc4c(cc2C3)OCO4)[C@@H]1O. The molecule has 5 nitrogen and oxygen atoms in total. The van der Waals surface area contributed by atoms with Crippen LogP contribution in [0.3, 0.4) is 0 Å². The van der Waals surface area contributed by atoms with Crippen molar-refractivity contribution >= 4 is 0 Å². The summed E-state index contributed by atoms with van der Waals surface area (Å²) in [7, 11) is 0. The lowest BCUT2D eigenvalue weighted by atomic mass is 9.61. The van der Waals surface area contributed by atoms with Crippen LogP contribution >= 0.6 is 0 Å². The molecule has 1 saturated heterocycles. The molecule has 2 bridgehead atoms. The van der Waals surface area contributed by atoms with Crippen molar-refractivity contribution in [2.24, 2.45) is 0 Å². The Labute approximate surface area is 123 Å². The average Bonchev–Trinajstić information content (AvgIpc) is 3.04. The molecule has 5 atom stereocenters. The first-order valence-electron chi connectivity index (χ1n) is 7.73. The maximum atomic E-state index is 10.8. The van der Waals surface area contributed by atoms with Crippen LogP contribution in [0.2, 0.25) is 0 Å². The maximum Gasteiger partial charge on any atom is 0.231 e.